The third-order valence-electron chi connectivity index (χ3n) is 3.82. The van der Waals surface area contributed by atoms with Crippen molar-refractivity contribution < 1.29 is 9.53 Å². The minimum Gasteiger partial charge on any atom is -0.455 e. The van der Waals surface area contributed by atoms with Crippen molar-refractivity contribution >= 4 is 11.4 Å². The molecule has 1 aliphatic heterocycles. The Hall–Kier alpha value is -3.24. The number of pyridine rings is 2. The second kappa shape index (κ2) is 6.94. The molecule has 0 saturated carbocycles. The maximum atomic E-state index is 12.7. The van der Waals surface area contributed by atoms with E-state index in [1.165, 1.54) is 10.5 Å². The number of nitrogens with zero attached hydrogens (tertiary/aromatic N) is 1. The number of amides is 1. The van der Waals surface area contributed by atoms with Crippen molar-refractivity contribution in [2.45, 2.75) is 6.29 Å². The molecule has 0 unspecified atom stereocenters. The van der Waals surface area contributed by atoms with Crippen LogP contribution < -0.4 is 37.5 Å². The van der Waals surface area contributed by atoms with Gasteiger partial charge < -0.3 is 10.1 Å². The summed E-state index contributed by atoms with van der Waals surface area (Å²) in [6, 6.07) is 15.9. The molecule has 4 rings (SSSR count). The summed E-state index contributed by atoms with van der Waals surface area (Å²) < 4.78 is 7.30. The molecule has 9 heteroatoms. The zero-order valence-corrected chi connectivity index (χ0v) is 13.5. The van der Waals surface area contributed by atoms with Crippen LogP contribution in [0.15, 0.2) is 65.6 Å². The number of hydrazine groups is 3. The van der Waals surface area contributed by atoms with Crippen molar-refractivity contribution in [3.8, 4) is 11.5 Å². The molecule has 1 saturated heterocycles. The van der Waals surface area contributed by atoms with Gasteiger partial charge in [-0.3, -0.25) is 14.0 Å². The molecule has 1 fully saturated rings. The number of hydrogen-bond acceptors (Lipinski definition) is 7. The maximum Gasteiger partial charge on any atom is 0.268 e. The van der Waals surface area contributed by atoms with Gasteiger partial charge in [0.1, 0.15) is 11.3 Å². The van der Waals surface area contributed by atoms with E-state index in [2.05, 4.69) is 27.2 Å². The van der Waals surface area contributed by atoms with Gasteiger partial charge in [-0.1, -0.05) is 24.3 Å². The van der Waals surface area contributed by atoms with Crippen molar-refractivity contribution in [1.82, 2.24) is 31.6 Å². The van der Waals surface area contributed by atoms with Crippen molar-refractivity contribution in [1.29, 1.82) is 0 Å². The largest absolute Gasteiger partial charge is 0.455 e. The minimum atomic E-state index is -0.572. The minimum absolute atomic E-state index is 0.0323. The summed E-state index contributed by atoms with van der Waals surface area (Å²) in [5.41, 5.74) is 10.7. The Morgan fingerprint density at radius 3 is 2.54 bits per heavy atom. The second-order valence-electron chi connectivity index (χ2n) is 5.54. The first-order chi connectivity index (χ1) is 12.7. The van der Waals surface area contributed by atoms with E-state index in [4.69, 9.17) is 4.74 Å². The lowest BCUT2D eigenvalue weighted by molar-refractivity contribution is 0.0925. The second-order valence-corrected chi connectivity index (χ2v) is 5.54. The van der Waals surface area contributed by atoms with Crippen molar-refractivity contribution in [2.24, 2.45) is 0 Å². The van der Waals surface area contributed by atoms with Crippen LogP contribution in [0.2, 0.25) is 0 Å². The summed E-state index contributed by atoms with van der Waals surface area (Å²) in [6.45, 7) is 0. The highest BCUT2D eigenvalue weighted by Gasteiger charge is 2.21. The molecule has 0 atom stereocenters. The Labute approximate surface area is 147 Å². The van der Waals surface area contributed by atoms with Crippen LogP contribution in [-0.2, 0) is 0 Å². The van der Waals surface area contributed by atoms with Crippen molar-refractivity contribution in [3.63, 3.8) is 0 Å². The lowest BCUT2D eigenvalue weighted by atomic mass is 10.2. The van der Waals surface area contributed by atoms with Crippen LogP contribution in [0.4, 0.5) is 0 Å². The van der Waals surface area contributed by atoms with E-state index in [1.54, 1.807) is 36.5 Å². The lowest BCUT2D eigenvalue weighted by Crippen LogP contribution is -2.50. The van der Waals surface area contributed by atoms with Crippen LogP contribution >= 0.6 is 0 Å². The fraction of sp³-hybridized carbons (Fsp3) is 0.0588. The predicted octanol–water partition coefficient (Wildman–Crippen LogP) is 0.222. The molecule has 26 heavy (non-hydrogen) atoms. The van der Waals surface area contributed by atoms with Gasteiger partial charge in [0.25, 0.3) is 11.5 Å². The van der Waals surface area contributed by atoms with Gasteiger partial charge in [0.15, 0.2) is 12.0 Å². The van der Waals surface area contributed by atoms with Crippen LogP contribution in [-0.4, -0.2) is 16.6 Å². The average Bonchev–Trinajstić information content (AvgIpc) is 3.18. The highest BCUT2D eigenvalue weighted by Crippen LogP contribution is 2.25. The number of hydrogen-bond donors (Lipinski definition) is 5. The fourth-order valence-corrected chi connectivity index (χ4v) is 2.61. The fourth-order valence-electron chi connectivity index (χ4n) is 2.61. The number of para-hydroxylation sites is 1. The molecule has 0 radical (unpaired) electrons. The van der Waals surface area contributed by atoms with Crippen molar-refractivity contribution in [3.05, 3.63) is 76.7 Å². The van der Waals surface area contributed by atoms with E-state index in [9.17, 15) is 9.59 Å². The molecule has 0 aliphatic carbocycles. The van der Waals surface area contributed by atoms with Gasteiger partial charge in [-0.25, -0.2) is 10.9 Å². The van der Waals surface area contributed by atoms with Gasteiger partial charge >= 0.3 is 0 Å². The highest BCUT2D eigenvalue weighted by molar-refractivity contribution is 5.95. The Bertz CT molecular complexity index is 998. The molecular weight excluding hydrogens is 336 g/mol. The molecule has 3 heterocycles. The molecule has 1 amide bonds. The summed E-state index contributed by atoms with van der Waals surface area (Å²) in [4.78, 5) is 25.3. The molecule has 1 aliphatic rings. The van der Waals surface area contributed by atoms with E-state index >= 15 is 0 Å². The monoisotopic (exact) mass is 352 g/mol. The van der Waals surface area contributed by atoms with E-state index < -0.39 is 17.8 Å². The maximum absolute atomic E-state index is 12.7. The summed E-state index contributed by atoms with van der Waals surface area (Å²) in [5.74, 6) is 0.475. The smallest absolute Gasteiger partial charge is 0.268 e. The number of carbonyl (C=O) groups excluding carboxylic acids is 1. The molecule has 0 bridgehead atoms. The van der Waals surface area contributed by atoms with Crippen LogP contribution in [0.5, 0.6) is 11.5 Å². The Morgan fingerprint density at radius 2 is 1.77 bits per heavy atom. The Kier molecular flexibility index (Phi) is 4.33. The first kappa shape index (κ1) is 16.2. The Morgan fingerprint density at radius 1 is 1.04 bits per heavy atom. The van der Waals surface area contributed by atoms with E-state index in [0.29, 0.717) is 17.0 Å². The predicted molar refractivity (Wildman–Crippen MR) is 94.0 cm³/mol. The topological polar surface area (TPSA) is 108 Å². The standard InChI is InChI=1S/C17H16N6O3/c24-15(18-17-19-21-22-20-17)12-10-14(26-11-6-2-1-3-7-11)13-8-4-5-9-23(13)16(12)25/h1-10,17,19-22H,(H,18,24). The van der Waals surface area contributed by atoms with Crippen LogP contribution in [0.1, 0.15) is 10.4 Å². The molecule has 2 aromatic heterocycles. The number of benzene rings is 1. The molecule has 3 aromatic rings. The lowest BCUT2D eigenvalue weighted by Gasteiger charge is -2.14. The molecule has 9 nitrogen and oxygen atoms in total. The van der Waals surface area contributed by atoms with Crippen molar-refractivity contribution in [2.75, 3.05) is 0 Å². The molecule has 0 spiro atoms. The van der Waals surface area contributed by atoms with Gasteiger partial charge in [-0.05, 0) is 24.3 Å². The quantitative estimate of drug-likeness (QED) is 0.457. The number of aromatic nitrogens is 1. The van der Waals surface area contributed by atoms with Gasteiger partial charge in [-0.15, -0.1) is 0 Å². The molecule has 132 valence electrons. The van der Waals surface area contributed by atoms with Crippen LogP contribution in [0, 0.1) is 0 Å². The van der Waals surface area contributed by atoms with Crippen LogP contribution in [0.3, 0.4) is 0 Å². The zero-order chi connectivity index (χ0) is 17.9. The average molecular weight is 352 g/mol. The highest BCUT2D eigenvalue weighted by atomic mass is 16.5. The zero-order valence-electron chi connectivity index (χ0n) is 13.5. The number of nitrogens with one attached hydrogen (secondary N) is 5. The van der Waals surface area contributed by atoms with Gasteiger partial charge in [0, 0.05) is 12.3 Å². The molecular formula is C17H16N6O3. The number of ether oxygens (including phenoxy) is 1. The van der Waals surface area contributed by atoms with Gasteiger partial charge in [0.05, 0.1) is 5.52 Å². The summed E-state index contributed by atoms with van der Waals surface area (Å²) in [6.07, 6.45) is 1.03. The third kappa shape index (κ3) is 3.15. The summed E-state index contributed by atoms with van der Waals surface area (Å²) >= 11 is 0. The van der Waals surface area contributed by atoms with E-state index in [0.717, 1.165) is 0 Å². The van der Waals surface area contributed by atoms with Gasteiger partial charge in [0.2, 0.25) is 0 Å². The SMILES string of the molecule is O=C(NC1NNNN1)c1cc(Oc2ccccc2)c2ccccn2c1=O. The summed E-state index contributed by atoms with van der Waals surface area (Å²) in [5, 5.41) is 2.64. The normalized spacial score (nSPS) is 14.5. The molecule has 1 aromatic carbocycles. The first-order valence-electron chi connectivity index (χ1n) is 7.91. The summed E-state index contributed by atoms with van der Waals surface area (Å²) in [7, 11) is 0. The van der Waals surface area contributed by atoms with E-state index in [1.807, 2.05) is 18.2 Å². The van der Waals surface area contributed by atoms with Gasteiger partial charge in [-0.2, -0.15) is 11.1 Å². The number of fused-ring (bicyclic) bond motifs is 1. The van der Waals surface area contributed by atoms with Crippen LogP contribution in [0.25, 0.3) is 5.52 Å². The van der Waals surface area contributed by atoms with E-state index in [-0.39, 0.29) is 5.56 Å². The third-order valence-corrected chi connectivity index (χ3v) is 3.82. The number of rotatable bonds is 4. The first-order valence-corrected chi connectivity index (χ1v) is 7.91. The molecule has 5 N–H and O–H groups in total. The number of carbonyl (C=O) groups is 1. The Balaban J connectivity index is 1.76.